The smallest absolute Gasteiger partial charge is 0.0375 e. The third-order valence-corrected chi connectivity index (χ3v) is 6.66. The Kier molecular flexibility index (Phi) is 3.35. The van der Waals surface area contributed by atoms with E-state index in [0.717, 1.165) is 5.92 Å². The van der Waals surface area contributed by atoms with Crippen LogP contribution in [0, 0.1) is 16.7 Å². The first kappa shape index (κ1) is 14.0. The molecule has 0 heterocycles. The molecule has 1 heteroatoms. The Morgan fingerprint density at radius 3 is 2.55 bits per heavy atom. The molecule has 1 aromatic carbocycles. The van der Waals surface area contributed by atoms with Gasteiger partial charge < -0.3 is 5.32 Å². The van der Waals surface area contributed by atoms with E-state index in [1.54, 1.807) is 0 Å². The van der Waals surface area contributed by atoms with E-state index < -0.39 is 0 Å². The van der Waals surface area contributed by atoms with E-state index in [1.807, 2.05) is 0 Å². The van der Waals surface area contributed by atoms with Crippen LogP contribution < -0.4 is 5.32 Å². The van der Waals surface area contributed by atoms with Crippen LogP contribution in [0.4, 0.5) is 5.69 Å². The molecule has 0 aromatic heterocycles. The molecule has 2 bridgehead atoms. The summed E-state index contributed by atoms with van der Waals surface area (Å²) in [5.74, 6) is 0.906. The predicted octanol–water partition coefficient (Wildman–Crippen LogP) is 5.27. The topological polar surface area (TPSA) is 12.0 Å². The van der Waals surface area contributed by atoms with Gasteiger partial charge >= 0.3 is 0 Å². The van der Waals surface area contributed by atoms with Crippen LogP contribution in [0.1, 0.15) is 58.9 Å². The SMILES string of the molecule is CCCc1ccccc1NC1CC2CCC1(C)C2(C)C. The number of para-hydroxylation sites is 1. The number of nitrogens with one attached hydrogen (secondary N) is 1. The van der Waals surface area contributed by atoms with Crippen molar-refractivity contribution >= 4 is 5.69 Å². The summed E-state index contributed by atoms with van der Waals surface area (Å²) in [6.45, 7) is 9.76. The molecule has 1 nitrogen and oxygen atoms in total. The van der Waals surface area contributed by atoms with Crippen LogP contribution in [0.5, 0.6) is 0 Å². The zero-order chi connectivity index (χ0) is 14.4. The lowest BCUT2D eigenvalue weighted by Crippen LogP contribution is -2.40. The molecule has 3 atom stereocenters. The fourth-order valence-corrected chi connectivity index (χ4v) is 4.76. The average Bonchev–Trinajstić information content (AvgIpc) is 2.74. The van der Waals surface area contributed by atoms with E-state index in [2.05, 4.69) is 57.3 Å². The molecule has 2 aliphatic rings. The summed E-state index contributed by atoms with van der Waals surface area (Å²) < 4.78 is 0. The van der Waals surface area contributed by atoms with Crippen molar-refractivity contribution in [2.75, 3.05) is 5.32 Å². The zero-order valence-electron chi connectivity index (χ0n) is 13.5. The van der Waals surface area contributed by atoms with Crippen molar-refractivity contribution in [3.05, 3.63) is 29.8 Å². The molecule has 0 spiro atoms. The van der Waals surface area contributed by atoms with E-state index in [4.69, 9.17) is 0 Å². The van der Waals surface area contributed by atoms with E-state index in [-0.39, 0.29) is 0 Å². The lowest BCUT2D eigenvalue weighted by Gasteiger charge is -2.40. The molecular weight excluding hydrogens is 242 g/mol. The van der Waals surface area contributed by atoms with E-state index >= 15 is 0 Å². The number of rotatable bonds is 4. The number of hydrogen-bond acceptors (Lipinski definition) is 1. The zero-order valence-corrected chi connectivity index (χ0v) is 13.5. The molecule has 0 aliphatic heterocycles. The minimum atomic E-state index is 0.455. The summed E-state index contributed by atoms with van der Waals surface area (Å²) >= 11 is 0. The fraction of sp³-hybridized carbons (Fsp3) is 0.684. The van der Waals surface area contributed by atoms with Crippen molar-refractivity contribution in [1.29, 1.82) is 0 Å². The first-order valence-electron chi connectivity index (χ1n) is 8.33. The van der Waals surface area contributed by atoms with E-state index in [0.29, 0.717) is 16.9 Å². The Bertz CT molecular complexity index is 490. The fourth-order valence-electron chi connectivity index (χ4n) is 4.76. The quantitative estimate of drug-likeness (QED) is 0.787. The van der Waals surface area contributed by atoms with Crippen molar-refractivity contribution in [2.45, 2.75) is 65.8 Å². The largest absolute Gasteiger partial charge is 0.382 e. The second-order valence-electron chi connectivity index (χ2n) is 7.71. The van der Waals surface area contributed by atoms with Gasteiger partial charge in [0, 0.05) is 11.7 Å². The average molecular weight is 271 g/mol. The molecule has 20 heavy (non-hydrogen) atoms. The number of benzene rings is 1. The summed E-state index contributed by atoms with van der Waals surface area (Å²) in [7, 11) is 0. The van der Waals surface area contributed by atoms with Crippen molar-refractivity contribution in [2.24, 2.45) is 16.7 Å². The second kappa shape index (κ2) is 4.79. The van der Waals surface area contributed by atoms with Crippen molar-refractivity contribution in [3.63, 3.8) is 0 Å². The minimum Gasteiger partial charge on any atom is -0.382 e. The third kappa shape index (κ3) is 1.89. The van der Waals surface area contributed by atoms with Gasteiger partial charge in [-0.15, -0.1) is 0 Å². The standard InChI is InChI=1S/C19H29N/c1-5-8-14-9-6-7-10-16(14)20-17-13-15-11-12-19(17,4)18(15,2)3/h6-7,9-10,15,17,20H,5,8,11-13H2,1-4H3. The van der Waals surface area contributed by atoms with Gasteiger partial charge in [-0.3, -0.25) is 0 Å². The molecule has 0 amide bonds. The molecular formula is C19H29N. The highest BCUT2D eigenvalue weighted by Crippen LogP contribution is 2.65. The molecule has 110 valence electrons. The number of hydrogen-bond donors (Lipinski definition) is 1. The first-order chi connectivity index (χ1) is 9.49. The maximum atomic E-state index is 3.92. The van der Waals surface area contributed by atoms with Crippen LogP contribution in [0.3, 0.4) is 0 Å². The molecule has 2 fully saturated rings. The van der Waals surface area contributed by atoms with Crippen LogP contribution in [0.15, 0.2) is 24.3 Å². The van der Waals surface area contributed by atoms with Gasteiger partial charge in [-0.25, -0.2) is 0 Å². The van der Waals surface area contributed by atoms with Gasteiger partial charge in [0.05, 0.1) is 0 Å². The Morgan fingerprint density at radius 2 is 1.95 bits per heavy atom. The van der Waals surface area contributed by atoms with Gasteiger partial charge in [0.2, 0.25) is 0 Å². The summed E-state index contributed by atoms with van der Waals surface area (Å²) in [5, 5.41) is 3.92. The Labute approximate surface area is 124 Å². The minimum absolute atomic E-state index is 0.455. The van der Waals surface area contributed by atoms with Crippen LogP contribution in [0.2, 0.25) is 0 Å². The lowest BCUT2D eigenvalue weighted by molar-refractivity contribution is 0.142. The van der Waals surface area contributed by atoms with Crippen LogP contribution in [-0.4, -0.2) is 6.04 Å². The monoisotopic (exact) mass is 271 g/mol. The van der Waals surface area contributed by atoms with Crippen molar-refractivity contribution in [3.8, 4) is 0 Å². The van der Waals surface area contributed by atoms with Gasteiger partial charge in [0.15, 0.2) is 0 Å². The van der Waals surface area contributed by atoms with E-state index in [1.165, 1.54) is 43.4 Å². The highest BCUT2D eigenvalue weighted by molar-refractivity contribution is 5.52. The molecule has 0 radical (unpaired) electrons. The maximum Gasteiger partial charge on any atom is 0.0375 e. The molecule has 1 aromatic rings. The third-order valence-electron chi connectivity index (χ3n) is 6.66. The maximum absolute atomic E-state index is 3.92. The number of anilines is 1. The Hall–Kier alpha value is -0.980. The van der Waals surface area contributed by atoms with Crippen molar-refractivity contribution < 1.29 is 0 Å². The van der Waals surface area contributed by atoms with Gasteiger partial charge in [-0.1, -0.05) is 52.3 Å². The lowest BCUT2D eigenvalue weighted by atomic mass is 9.69. The van der Waals surface area contributed by atoms with Crippen molar-refractivity contribution in [1.82, 2.24) is 0 Å². The number of aryl methyl sites for hydroxylation is 1. The molecule has 1 N–H and O–H groups in total. The highest BCUT2D eigenvalue weighted by atomic mass is 15.0. The first-order valence-corrected chi connectivity index (χ1v) is 8.33. The predicted molar refractivity (Wildman–Crippen MR) is 87.1 cm³/mol. The molecule has 3 rings (SSSR count). The number of fused-ring (bicyclic) bond motifs is 2. The Morgan fingerprint density at radius 1 is 1.20 bits per heavy atom. The van der Waals surface area contributed by atoms with Gasteiger partial charge in [0.25, 0.3) is 0 Å². The molecule has 0 saturated heterocycles. The van der Waals surface area contributed by atoms with Crippen LogP contribution >= 0.6 is 0 Å². The van der Waals surface area contributed by atoms with Gasteiger partial charge in [0.1, 0.15) is 0 Å². The summed E-state index contributed by atoms with van der Waals surface area (Å²) in [5.41, 5.74) is 3.81. The molecule has 2 aliphatic carbocycles. The summed E-state index contributed by atoms with van der Waals surface area (Å²) in [4.78, 5) is 0. The molecule has 2 saturated carbocycles. The van der Waals surface area contributed by atoms with Crippen LogP contribution in [-0.2, 0) is 6.42 Å². The van der Waals surface area contributed by atoms with E-state index in [9.17, 15) is 0 Å². The molecule has 3 unspecified atom stereocenters. The summed E-state index contributed by atoms with van der Waals surface area (Å²) in [6, 6.07) is 9.54. The second-order valence-corrected chi connectivity index (χ2v) is 7.71. The normalized spacial score (nSPS) is 34.4. The highest BCUT2D eigenvalue weighted by Gasteiger charge is 2.61. The Balaban J connectivity index is 1.83. The van der Waals surface area contributed by atoms with Gasteiger partial charge in [-0.05, 0) is 54.1 Å². The van der Waals surface area contributed by atoms with Crippen LogP contribution in [0.25, 0.3) is 0 Å². The summed E-state index contributed by atoms with van der Waals surface area (Å²) in [6.07, 6.45) is 6.56. The van der Waals surface area contributed by atoms with Gasteiger partial charge in [-0.2, -0.15) is 0 Å².